The van der Waals surface area contributed by atoms with Crippen molar-refractivity contribution in [2.75, 3.05) is 17.2 Å². The molecule has 2 N–H and O–H groups in total. The molecule has 3 aromatic rings. The number of hydrogen-bond acceptors (Lipinski definition) is 4. The van der Waals surface area contributed by atoms with E-state index in [2.05, 4.69) is 15.6 Å². The van der Waals surface area contributed by atoms with E-state index in [1.54, 1.807) is 36.4 Å². The van der Waals surface area contributed by atoms with Crippen LogP contribution in [0.25, 0.3) is 0 Å². The second kappa shape index (κ2) is 8.77. The molecular weight excluding hydrogens is 361 g/mol. The molecule has 28 heavy (non-hydrogen) atoms. The predicted molar refractivity (Wildman–Crippen MR) is 104 cm³/mol. The first kappa shape index (κ1) is 19.0. The van der Waals surface area contributed by atoms with E-state index in [1.807, 2.05) is 6.92 Å². The highest BCUT2D eigenvalue weighted by Gasteiger charge is 2.13. The first-order valence-corrected chi connectivity index (χ1v) is 8.63. The van der Waals surface area contributed by atoms with Gasteiger partial charge in [0.05, 0.1) is 6.61 Å². The molecule has 0 unspecified atom stereocenters. The SMILES string of the molecule is CCOc1ccc(NC(=O)c2cccc(C(=O)Nc3cccc(F)c3)n2)cc1. The van der Waals surface area contributed by atoms with Crippen molar-refractivity contribution in [2.24, 2.45) is 0 Å². The molecular formula is C21H18FN3O3. The summed E-state index contributed by atoms with van der Waals surface area (Å²) in [4.78, 5) is 28.8. The Balaban J connectivity index is 1.69. The second-order valence-electron chi connectivity index (χ2n) is 5.78. The number of carbonyl (C=O) groups excluding carboxylic acids is 2. The van der Waals surface area contributed by atoms with Crippen LogP contribution in [0.15, 0.2) is 66.7 Å². The molecule has 3 rings (SSSR count). The molecule has 0 aliphatic heterocycles. The average molecular weight is 379 g/mol. The molecule has 0 saturated carbocycles. The molecule has 0 bridgehead atoms. The number of ether oxygens (including phenoxy) is 1. The molecule has 0 fully saturated rings. The Labute approximate surface area is 161 Å². The van der Waals surface area contributed by atoms with Gasteiger partial charge in [0.2, 0.25) is 0 Å². The largest absolute Gasteiger partial charge is 0.494 e. The zero-order valence-corrected chi connectivity index (χ0v) is 15.1. The molecule has 2 amide bonds. The first-order chi connectivity index (χ1) is 13.5. The molecule has 1 heterocycles. The lowest BCUT2D eigenvalue weighted by atomic mass is 10.2. The monoisotopic (exact) mass is 379 g/mol. The molecule has 0 aliphatic rings. The van der Waals surface area contributed by atoms with Crippen LogP contribution in [-0.4, -0.2) is 23.4 Å². The van der Waals surface area contributed by atoms with E-state index in [0.29, 0.717) is 23.7 Å². The summed E-state index contributed by atoms with van der Waals surface area (Å²) < 4.78 is 18.6. The fourth-order valence-electron chi connectivity index (χ4n) is 2.45. The van der Waals surface area contributed by atoms with Crippen LogP contribution >= 0.6 is 0 Å². The number of halogens is 1. The third-order valence-electron chi connectivity index (χ3n) is 3.72. The molecule has 142 valence electrons. The third kappa shape index (κ3) is 4.91. The number of nitrogens with one attached hydrogen (secondary N) is 2. The summed E-state index contributed by atoms with van der Waals surface area (Å²) in [6.07, 6.45) is 0. The van der Waals surface area contributed by atoms with Crippen molar-refractivity contribution in [3.05, 3.63) is 83.9 Å². The molecule has 6 nitrogen and oxygen atoms in total. The Kier molecular flexibility index (Phi) is 5.96. The molecule has 1 aromatic heterocycles. The van der Waals surface area contributed by atoms with Crippen LogP contribution in [0.2, 0.25) is 0 Å². The van der Waals surface area contributed by atoms with E-state index in [9.17, 15) is 14.0 Å². The standard InChI is InChI=1S/C21H18FN3O3/c1-2-28-17-11-9-15(10-12-17)23-20(26)18-7-4-8-19(25-18)21(27)24-16-6-3-5-14(22)13-16/h3-13H,2H2,1H3,(H,23,26)(H,24,27). The number of rotatable bonds is 6. The van der Waals surface area contributed by atoms with Crippen molar-refractivity contribution in [3.8, 4) is 5.75 Å². The van der Waals surface area contributed by atoms with Gasteiger partial charge < -0.3 is 15.4 Å². The summed E-state index contributed by atoms with van der Waals surface area (Å²) in [5.41, 5.74) is 1.00. The van der Waals surface area contributed by atoms with E-state index in [4.69, 9.17) is 4.74 Å². The van der Waals surface area contributed by atoms with E-state index in [-0.39, 0.29) is 11.4 Å². The van der Waals surface area contributed by atoms with E-state index in [1.165, 1.54) is 30.3 Å². The van der Waals surface area contributed by atoms with Gasteiger partial charge in [-0.15, -0.1) is 0 Å². The minimum Gasteiger partial charge on any atom is -0.494 e. The summed E-state index contributed by atoms with van der Waals surface area (Å²) >= 11 is 0. The zero-order valence-electron chi connectivity index (χ0n) is 15.1. The summed E-state index contributed by atoms with van der Waals surface area (Å²) in [6, 6.07) is 17.0. The van der Waals surface area contributed by atoms with Gasteiger partial charge in [0.1, 0.15) is 23.0 Å². The number of aromatic nitrogens is 1. The smallest absolute Gasteiger partial charge is 0.274 e. The highest BCUT2D eigenvalue weighted by Crippen LogP contribution is 2.16. The Hall–Kier alpha value is -3.74. The lowest BCUT2D eigenvalue weighted by molar-refractivity contribution is 0.101. The van der Waals surface area contributed by atoms with E-state index in [0.717, 1.165) is 0 Å². The highest BCUT2D eigenvalue weighted by atomic mass is 19.1. The van der Waals surface area contributed by atoms with Crippen molar-refractivity contribution in [3.63, 3.8) is 0 Å². The van der Waals surface area contributed by atoms with Crippen molar-refractivity contribution < 1.29 is 18.7 Å². The quantitative estimate of drug-likeness (QED) is 0.675. The fourth-order valence-corrected chi connectivity index (χ4v) is 2.45. The van der Waals surface area contributed by atoms with Crippen molar-refractivity contribution in [2.45, 2.75) is 6.92 Å². The molecule has 0 saturated heterocycles. The van der Waals surface area contributed by atoms with E-state index < -0.39 is 17.6 Å². The Bertz CT molecular complexity index is 990. The minimum absolute atomic E-state index is 0.0450. The maximum atomic E-state index is 13.2. The average Bonchev–Trinajstić information content (AvgIpc) is 2.70. The Morgan fingerprint density at radius 2 is 1.50 bits per heavy atom. The van der Waals surface area contributed by atoms with E-state index >= 15 is 0 Å². The van der Waals surface area contributed by atoms with Gasteiger partial charge in [-0.1, -0.05) is 12.1 Å². The molecule has 2 aromatic carbocycles. The van der Waals surface area contributed by atoms with Gasteiger partial charge in [-0.25, -0.2) is 9.37 Å². The summed E-state index contributed by atoms with van der Waals surface area (Å²) in [7, 11) is 0. The normalized spacial score (nSPS) is 10.2. The number of hydrogen-bond donors (Lipinski definition) is 2. The number of amides is 2. The lowest BCUT2D eigenvalue weighted by Crippen LogP contribution is -2.18. The molecule has 0 aliphatic carbocycles. The maximum absolute atomic E-state index is 13.2. The third-order valence-corrected chi connectivity index (χ3v) is 3.72. The van der Waals surface area contributed by atoms with Crippen LogP contribution in [0.5, 0.6) is 5.75 Å². The Morgan fingerprint density at radius 3 is 2.11 bits per heavy atom. The van der Waals surface area contributed by atoms with Gasteiger partial charge in [0.15, 0.2) is 0 Å². The van der Waals surface area contributed by atoms with Gasteiger partial charge in [0, 0.05) is 11.4 Å². The van der Waals surface area contributed by atoms with Gasteiger partial charge in [-0.3, -0.25) is 9.59 Å². The maximum Gasteiger partial charge on any atom is 0.274 e. The van der Waals surface area contributed by atoms with Gasteiger partial charge in [-0.2, -0.15) is 0 Å². The number of carbonyl (C=O) groups is 2. The fraction of sp³-hybridized carbons (Fsp3) is 0.0952. The van der Waals surface area contributed by atoms with Crippen LogP contribution in [0.3, 0.4) is 0 Å². The molecule has 0 radical (unpaired) electrons. The number of nitrogens with zero attached hydrogens (tertiary/aromatic N) is 1. The number of benzene rings is 2. The van der Waals surface area contributed by atoms with Crippen LogP contribution in [0.1, 0.15) is 27.9 Å². The van der Waals surface area contributed by atoms with Crippen molar-refractivity contribution in [1.29, 1.82) is 0 Å². The minimum atomic E-state index is -0.540. The van der Waals surface area contributed by atoms with Crippen LogP contribution < -0.4 is 15.4 Å². The summed E-state index contributed by atoms with van der Waals surface area (Å²) in [6.45, 7) is 2.44. The number of pyridine rings is 1. The summed E-state index contributed by atoms with van der Waals surface area (Å²) in [5.74, 6) is -0.755. The molecule has 7 heteroatoms. The van der Waals surface area contributed by atoms with Crippen LogP contribution in [0.4, 0.5) is 15.8 Å². The van der Waals surface area contributed by atoms with Gasteiger partial charge in [0.25, 0.3) is 11.8 Å². The van der Waals surface area contributed by atoms with Gasteiger partial charge in [-0.05, 0) is 61.5 Å². The first-order valence-electron chi connectivity index (χ1n) is 8.63. The van der Waals surface area contributed by atoms with Crippen molar-refractivity contribution in [1.82, 2.24) is 4.98 Å². The van der Waals surface area contributed by atoms with Gasteiger partial charge >= 0.3 is 0 Å². The highest BCUT2D eigenvalue weighted by molar-refractivity contribution is 6.06. The number of anilines is 2. The summed E-state index contributed by atoms with van der Waals surface area (Å²) in [5, 5.41) is 5.26. The Morgan fingerprint density at radius 1 is 0.893 bits per heavy atom. The molecule has 0 atom stereocenters. The second-order valence-corrected chi connectivity index (χ2v) is 5.78. The predicted octanol–water partition coefficient (Wildman–Crippen LogP) is 4.12. The van der Waals surface area contributed by atoms with Crippen LogP contribution in [-0.2, 0) is 0 Å². The lowest BCUT2D eigenvalue weighted by Gasteiger charge is -2.08. The van der Waals surface area contributed by atoms with Crippen molar-refractivity contribution >= 4 is 23.2 Å². The topological polar surface area (TPSA) is 80.3 Å². The molecule has 0 spiro atoms. The van der Waals surface area contributed by atoms with Crippen LogP contribution in [0, 0.1) is 5.82 Å². The zero-order chi connectivity index (χ0) is 19.9.